The van der Waals surface area contributed by atoms with Crippen molar-refractivity contribution in [1.29, 1.82) is 0 Å². The zero-order valence-electron chi connectivity index (χ0n) is 11.4. The van der Waals surface area contributed by atoms with Gasteiger partial charge in [0.2, 0.25) is 0 Å². The average Bonchev–Trinajstić information content (AvgIpc) is 2.94. The molecular formula is C17H15FO3. The highest BCUT2D eigenvalue weighted by molar-refractivity contribution is 5.43. The van der Waals surface area contributed by atoms with Crippen molar-refractivity contribution in [3.05, 3.63) is 58.9 Å². The topological polar surface area (TPSA) is 38.7 Å². The number of fused-ring (bicyclic) bond motifs is 2. The average molecular weight is 286 g/mol. The van der Waals surface area contributed by atoms with Crippen LogP contribution in [0.15, 0.2) is 36.4 Å². The Bertz CT molecular complexity index is 698. The zero-order chi connectivity index (χ0) is 14.4. The Morgan fingerprint density at radius 1 is 1.10 bits per heavy atom. The van der Waals surface area contributed by atoms with Crippen molar-refractivity contribution in [1.82, 2.24) is 0 Å². The number of hydrogen-bond acceptors (Lipinski definition) is 3. The predicted octanol–water partition coefficient (Wildman–Crippen LogP) is 3.32. The van der Waals surface area contributed by atoms with Crippen molar-refractivity contribution in [3.63, 3.8) is 0 Å². The molecular weight excluding hydrogens is 271 g/mol. The Hall–Kier alpha value is -2.07. The number of hydrogen-bond donors (Lipinski definition) is 1. The van der Waals surface area contributed by atoms with Gasteiger partial charge < -0.3 is 14.6 Å². The van der Waals surface area contributed by atoms with Crippen molar-refractivity contribution in [3.8, 4) is 11.5 Å². The summed E-state index contributed by atoms with van der Waals surface area (Å²) in [7, 11) is 0. The van der Waals surface area contributed by atoms with Crippen LogP contribution in [0.1, 0.15) is 35.3 Å². The second-order valence-corrected chi connectivity index (χ2v) is 5.51. The smallest absolute Gasteiger partial charge is 0.128 e. The van der Waals surface area contributed by atoms with E-state index in [4.69, 9.17) is 9.47 Å². The SMILES string of the molecule is O[C@H]1CC(c2ccc3c(c2)CCO3)Oc2cc(F)ccc21. The lowest BCUT2D eigenvalue weighted by molar-refractivity contribution is 0.0653. The molecule has 0 bridgehead atoms. The van der Waals surface area contributed by atoms with Gasteiger partial charge >= 0.3 is 0 Å². The first-order chi connectivity index (χ1) is 10.2. The summed E-state index contributed by atoms with van der Waals surface area (Å²) < 4.78 is 24.7. The molecule has 1 N–H and O–H groups in total. The van der Waals surface area contributed by atoms with Gasteiger partial charge in [0, 0.05) is 24.5 Å². The predicted molar refractivity (Wildman–Crippen MR) is 75.0 cm³/mol. The molecule has 0 spiro atoms. The normalized spacial score (nSPS) is 23.0. The molecule has 4 rings (SSSR count). The quantitative estimate of drug-likeness (QED) is 0.874. The molecule has 4 heteroatoms. The molecule has 2 heterocycles. The molecule has 2 aromatic carbocycles. The number of halogens is 1. The second-order valence-electron chi connectivity index (χ2n) is 5.51. The molecule has 2 aliphatic heterocycles. The highest BCUT2D eigenvalue weighted by Crippen LogP contribution is 2.42. The van der Waals surface area contributed by atoms with Gasteiger partial charge in [0.1, 0.15) is 23.4 Å². The Balaban J connectivity index is 1.68. The van der Waals surface area contributed by atoms with Gasteiger partial charge in [-0.15, -0.1) is 0 Å². The van der Waals surface area contributed by atoms with E-state index in [9.17, 15) is 9.50 Å². The van der Waals surface area contributed by atoms with Gasteiger partial charge in [-0.3, -0.25) is 0 Å². The third-order valence-corrected chi connectivity index (χ3v) is 4.13. The lowest BCUT2D eigenvalue weighted by Gasteiger charge is -2.30. The van der Waals surface area contributed by atoms with E-state index < -0.39 is 6.10 Å². The molecule has 0 aliphatic carbocycles. The van der Waals surface area contributed by atoms with E-state index in [1.165, 1.54) is 12.1 Å². The van der Waals surface area contributed by atoms with Crippen LogP contribution in [0, 0.1) is 5.82 Å². The molecule has 0 aromatic heterocycles. The maximum Gasteiger partial charge on any atom is 0.128 e. The maximum absolute atomic E-state index is 13.4. The van der Waals surface area contributed by atoms with Crippen molar-refractivity contribution in [2.24, 2.45) is 0 Å². The molecule has 0 saturated carbocycles. The van der Waals surface area contributed by atoms with Crippen LogP contribution in [-0.2, 0) is 6.42 Å². The first-order valence-corrected chi connectivity index (χ1v) is 7.10. The third kappa shape index (κ3) is 2.16. The van der Waals surface area contributed by atoms with Crippen molar-refractivity contribution in [2.45, 2.75) is 25.0 Å². The molecule has 3 nitrogen and oxygen atoms in total. The van der Waals surface area contributed by atoms with Crippen LogP contribution in [0.3, 0.4) is 0 Å². The van der Waals surface area contributed by atoms with E-state index in [0.717, 1.165) is 23.3 Å². The highest BCUT2D eigenvalue weighted by Gasteiger charge is 2.29. The van der Waals surface area contributed by atoms with Crippen LogP contribution in [0.4, 0.5) is 4.39 Å². The van der Waals surface area contributed by atoms with Crippen LogP contribution in [0.25, 0.3) is 0 Å². The largest absolute Gasteiger partial charge is 0.493 e. The number of benzene rings is 2. The third-order valence-electron chi connectivity index (χ3n) is 4.13. The summed E-state index contributed by atoms with van der Waals surface area (Å²) in [5.41, 5.74) is 2.81. The van der Waals surface area contributed by atoms with Crippen LogP contribution in [0.5, 0.6) is 11.5 Å². The Morgan fingerprint density at radius 3 is 2.90 bits per heavy atom. The van der Waals surface area contributed by atoms with Crippen molar-refractivity contribution in [2.75, 3.05) is 6.61 Å². The van der Waals surface area contributed by atoms with Gasteiger partial charge in [0.25, 0.3) is 0 Å². The minimum absolute atomic E-state index is 0.264. The summed E-state index contributed by atoms with van der Waals surface area (Å²) in [6, 6.07) is 10.2. The fraction of sp³-hybridized carbons (Fsp3) is 0.294. The number of ether oxygens (including phenoxy) is 2. The first kappa shape index (κ1) is 12.7. The number of rotatable bonds is 1. The van der Waals surface area contributed by atoms with Crippen LogP contribution in [-0.4, -0.2) is 11.7 Å². The summed E-state index contributed by atoms with van der Waals surface area (Å²) in [5.74, 6) is 0.987. The molecule has 0 fully saturated rings. The standard InChI is InChI=1S/C17H15FO3/c18-12-2-3-13-14(19)9-16(21-17(13)8-12)10-1-4-15-11(7-10)5-6-20-15/h1-4,7-8,14,16,19H,5-6,9H2/t14-,16?/m0/s1. The second kappa shape index (κ2) is 4.74. The van der Waals surface area contributed by atoms with Gasteiger partial charge in [-0.05, 0) is 35.4 Å². The molecule has 2 atom stereocenters. The molecule has 2 aliphatic rings. The summed E-state index contributed by atoms with van der Waals surface area (Å²) >= 11 is 0. The molecule has 0 saturated heterocycles. The first-order valence-electron chi connectivity index (χ1n) is 7.10. The Morgan fingerprint density at radius 2 is 2.00 bits per heavy atom. The summed E-state index contributed by atoms with van der Waals surface area (Å²) in [4.78, 5) is 0. The fourth-order valence-electron chi connectivity index (χ4n) is 3.03. The Kier molecular flexibility index (Phi) is 2.86. The summed E-state index contributed by atoms with van der Waals surface area (Å²) in [6.07, 6.45) is 0.464. The summed E-state index contributed by atoms with van der Waals surface area (Å²) in [5, 5.41) is 10.3. The summed E-state index contributed by atoms with van der Waals surface area (Å²) in [6.45, 7) is 0.709. The maximum atomic E-state index is 13.4. The number of aliphatic hydroxyl groups excluding tert-OH is 1. The van der Waals surface area contributed by atoms with E-state index >= 15 is 0 Å². The highest BCUT2D eigenvalue weighted by atomic mass is 19.1. The Labute approximate surface area is 121 Å². The van der Waals surface area contributed by atoms with E-state index in [1.807, 2.05) is 12.1 Å². The molecule has 0 radical (unpaired) electrons. The molecule has 21 heavy (non-hydrogen) atoms. The van der Waals surface area contributed by atoms with E-state index in [1.54, 1.807) is 6.07 Å². The molecule has 0 amide bonds. The monoisotopic (exact) mass is 286 g/mol. The lowest BCUT2D eigenvalue weighted by Crippen LogP contribution is -2.19. The van der Waals surface area contributed by atoms with Gasteiger partial charge in [-0.2, -0.15) is 0 Å². The van der Waals surface area contributed by atoms with Gasteiger partial charge in [-0.1, -0.05) is 6.07 Å². The van der Waals surface area contributed by atoms with Crippen LogP contribution in [0.2, 0.25) is 0 Å². The number of aliphatic hydroxyl groups is 1. The van der Waals surface area contributed by atoms with Crippen LogP contribution >= 0.6 is 0 Å². The van der Waals surface area contributed by atoms with E-state index in [-0.39, 0.29) is 11.9 Å². The van der Waals surface area contributed by atoms with E-state index in [0.29, 0.717) is 24.3 Å². The van der Waals surface area contributed by atoms with Gasteiger partial charge in [-0.25, -0.2) is 4.39 Å². The van der Waals surface area contributed by atoms with E-state index in [2.05, 4.69) is 6.07 Å². The van der Waals surface area contributed by atoms with Crippen molar-refractivity contribution >= 4 is 0 Å². The van der Waals surface area contributed by atoms with Crippen LogP contribution < -0.4 is 9.47 Å². The van der Waals surface area contributed by atoms with Gasteiger partial charge in [0.05, 0.1) is 12.7 Å². The fourth-order valence-corrected chi connectivity index (χ4v) is 3.03. The molecule has 1 unspecified atom stereocenters. The lowest BCUT2D eigenvalue weighted by atomic mass is 9.94. The van der Waals surface area contributed by atoms with Crippen molar-refractivity contribution < 1.29 is 19.0 Å². The minimum atomic E-state index is -0.635. The van der Waals surface area contributed by atoms with Gasteiger partial charge in [0.15, 0.2) is 0 Å². The minimum Gasteiger partial charge on any atom is -0.493 e. The zero-order valence-corrected chi connectivity index (χ0v) is 11.4. The molecule has 108 valence electrons. The molecule has 2 aromatic rings.